The molecule has 1 aromatic carbocycles. The van der Waals surface area contributed by atoms with Crippen LogP contribution in [0.1, 0.15) is 18.0 Å². The fourth-order valence-electron chi connectivity index (χ4n) is 2.48. The summed E-state index contributed by atoms with van der Waals surface area (Å²) in [5.41, 5.74) is -0.401. The molecule has 8 heteroatoms. The van der Waals surface area contributed by atoms with Crippen LogP contribution in [0.4, 0.5) is 4.39 Å². The first kappa shape index (κ1) is 15.5. The Bertz CT molecular complexity index is 862. The third-order valence-electron chi connectivity index (χ3n) is 3.56. The van der Waals surface area contributed by atoms with Gasteiger partial charge in [-0.05, 0) is 30.2 Å². The number of aromatic nitrogens is 2. The van der Waals surface area contributed by atoms with E-state index in [0.29, 0.717) is 6.42 Å². The minimum absolute atomic E-state index is 0.204. The maximum atomic E-state index is 13.4. The molecular weight excluding hydrogens is 321 g/mol. The number of hydrogen-bond acceptors (Lipinski definition) is 4. The summed E-state index contributed by atoms with van der Waals surface area (Å²) < 4.78 is 14.6. The molecule has 1 aromatic heterocycles. The Balaban J connectivity index is 1.75. The van der Waals surface area contributed by atoms with E-state index in [0.717, 1.165) is 20.8 Å². The number of H-pyrrole nitrogens is 1. The number of amides is 1. The van der Waals surface area contributed by atoms with Crippen molar-refractivity contribution in [3.8, 4) is 0 Å². The smallest absolute Gasteiger partial charge is 0.328 e. The molecule has 2 aromatic rings. The van der Waals surface area contributed by atoms with Gasteiger partial charge >= 0.3 is 5.69 Å². The number of carbonyl (C=O) groups is 1. The van der Waals surface area contributed by atoms with Crippen molar-refractivity contribution in [1.82, 2.24) is 14.9 Å². The summed E-state index contributed by atoms with van der Waals surface area (Å²) in [4.78, 5) is 37.8. The first-order valence-electron chi connectivity index (χ1n) is 7.04. The zero-order chi connectivity index (χ0) is 16.4. The number of halogens is 1. The maximum Gasteiger partial charge on any atom is 0.328 e. The number of rotatable bonds is 3. The van der Waals surface area contributed by atoms with E-state index in [9.17, 15) is 18.8 Å². The molecule has 0 saturated heterocycles. The molecule has 0 radical (unpaired) electrons. The van der Waals surface area contributed by atoms with Crippen molar-refractivity contribution in [2.24, 2.45) is 0 Å². The van der Waals surface area contributed by atoms with E-state index in [2.05, 4.69) is 10.3 Å². The average molecular weight is 335 g/mol. The van der Waals surface area contributed by atoms with Crippen LogP contribution in [0.3, 0.4) is 0 Å². The van der Waals surface area contributed by atoms with Crippen LogP contribution in [0.25, 0.3) is 0 Å². The van der Waals surface area contributed by atoms with Crippen molar-refractivity contribution < 1.29 is 9.18 Å². The lowest BCUT2D eigenvalue weighted by molar-refractivity contribution is -0.122. The van der Waals surface area contributed by atoms with E-state index >= 15 is 0 Å². The van der Waals surface area contributed by atoms with Crippen molar-refractivity contribution in [3.05, 3.63) is 62.7 Å². The molecule has 3 rings (SSSR count). The fourth-order valence-corrected chi connectivity index (χ4v) is 3.58. The summed E-state index contributed by atoms with van der Waals surface area (Å²) >= 11 is 1.62. The van der Waals surface area contributed by atoms with Gasteiger partial charge in [0.1, 0.15) is 12.4 Å². The van der Waals surface area contributed by atoms with Crippen molar-refractivity contribution in [3.63, 3.8) is 0 Å². The molecule has 23 heavy (non-hydrogen) atoms. The van der Waals surface area contributed by atoms with Gasteiger partial charge in [-0.25, -0.2) is 9.18 Å². The summed E-state index contributed by atoms with van der Waals surface area (Å²) in [6.45, 7) is -0.204. The third kappa shape index (κ3) is 3.53. The molecule has 0 spiro atoms. The van der Waals surface area contributed by atoms with Crippen LogP contribution in [0.2, 0.25) is 0 Å². The van der Waals surface area contributed by atoms with Gasteiger partial charge in [0.15, 0.2) is 0 Å². The molecule has 2 heterocycles. The number of nitrogens with zero attached hydrogens (tertiary/aromatic N) is 1. The number of thioether (sulfide) groups is 1. The van der Waals surface area contributed by atoms with Crippen LogP contribution in [0, 0.1) is 5.82 Å². The van der Waals surface area contributed by atoms with E-state index in [-0.39, 0.29) is 24.3 Å². The lowest BCUT2D eigenvalue weighted by Gasteiger charge is -2.26. The summed E-state index contributed by atoms with van der Waals surface area (Å²) in [6.07, 6.45) is 1.96. The zero-order valence-corrected chi connectivity index (χ0v) is 12.9. The molecule has 6 nitrogen and oxygen atoms in total. The Morgan fingerprint density at radius 1 is 1.39 bits per heavy atom. The number of carbonyl (C=O) groups excluding carboxylic acids is 1. The second-order valence-electron chi connectivity index (χ2n) is 5.18. The monoisotopic (exact) mass is 335 g/mol. The minimum Gasteiger partial charge on any atom is -0.348 e. The van der Waals surface area contributed by atoms with Gasteiger partial charge < -0.3 is 5.32 Å². The molecular formula is C15H14FN3O3S. The Hall–Kier alpha value is -2.35. The zero-order valence-electron chi connectivity index (χ0n) is 12.0. The van der Waals surface area contributed by atoms with Crippen molar-refractivity contribution >= 4 is 17.7 Å². The standard InChI is InChI=1S/C15H14FN3O3S/c16-9-1-2-12-10(7-9)11(4-6-23-12)17-14(21)8-19-5-3-13(20)18-15(19)22/h1-3,5,7,11H,4,6,8H2,(H,17,21)(H,18,20,22)/t11-/m1/s1. The molecule has 120 valence electrons. The highest BCUT2D eigenvalue weighted by molar-refractivity contribution is 7.99. The summed E-state index contributed by atoms with van der Waals surface area (Å²) in [7, 11) is 0. The van der Waals surface area contributed by atoms with Gasteiger partial charge in [0.25, 0.3) is 5.56 Å². The predicted molar refractivity (Wildman–Crippen MR) is 83.9 cm³/mol. The second-order valence-corrected chi connectivity index (χ2v) is 6.31. The van der Waals surface area contributed by atoms with Crippen LogP contribution in [-0.2, 0) is 11.3 Å². The van der Waals surface area contributed by atoms with Crippen LogP contribution < -0.4 is 16.6 Å². The van der Waals surface area contributed by atoms with Crippen LogP contribution >= 0.6 is 11.8 Å². The summed E-state index contributed by atoms with van der Waals surface area (Å²) in [5.74, 6) is 0.107. The molecule has 1 atom stereocenters. The molecule has 1 aliphatic heterocycles. The molecule has 0 aliphatic carbocycles. The van der Waals surface area contributed by atoms with E-state index in [1.807, 2.05) is 0 Å². The van der Waals surface area contributed by atoms with Crippen molar-refractivity contribution in [1.29, 1.82) is 0 Å². The number of benzene rings is 1. The number of nitrogens with one attached hydrogen (secondary N) is 2. The molecule has 0 fully saturated rings. The Labute approximate surface area is 134 Å². The van der Waals surface area contributed by atoms with E-state index < -0.39 is 11.2 Å². The topological polar surface area (TPSA) is 84.0 Å². The van der Waals surface area contributed by atoms with E-state index in [1.54, 1.807) is 17.8 Å². The summed E-state index contributed by atoms with van der Waals surface area (Å²) in [5, 5.41) is 2.82. The Morgan fingerprint density at radius 3 is 3.00 bits per heavy atom. The molecule has 0 unspecified atom stereocenters. The van der Waals surface area contributed by atoms with Gasteiger partial charge in [0.05, 0.1) is 6.04 Å². The Kier molecular flexibility index (Phi) is 4.33. The number of aromatic amines is 1. The van der Waals surface area contributed by atoms with Gasteiger partial charge in [-0.15, -0.1) is 11.8 Å². The first-order valence-corrected chi connectivity index (χ1v) is 8.03. The molecule has 0 bridgehead atoms. The average Bonchev–Trinajstić information content (AvgIpc) is 2.51. The quantitative estimate of drug-likeness (QED) is 0.877. The lowest BCUT2D eigenvalue weighted by atomic mass is 10.0. The van der Waals surface area contributed by atoms with Crippen LogP contribution in [-0.4, -0.2) is 21.2 Å². The van der Waals surface area contributed by atoms with E-state index in [4.69, 9.17) is 0 Å². The third-order valence-corrected chi connectivity index (χ3v) is 4.68. The van der Waals surface area contributed by atoms with Crippen molar-refractivity contribution in [2.75, 3.05) is 5.75 Å². The second kappa shape index (κ2) is 6.41. The van der Waals surface area contributed by atoms with Gasteiger partial charge in [-0.1, -0.05) is 0 Å². The predicted octanol–water partition coefficient (Wildman–Crippen LogP) is 1.03. The van der Waals surface area contributed by atoms with Crippen LogP contribution in [0.5, 0.6) is 0 Å². The lowest BCUT2D eigenvalue weighted by Crippen LogP contribution is -2.37. The number of hydrogen-bond donors (Lipinski definition) is 2. The first-order chi connectivity index (χ1) is 11.0. The molecule has 1 amide bonds. The van der Waals surface area contributed by atoms with Crippen molar-refractivity contribution in [2.45, 2.75) is 23.9 Å². The van der Waals surface area contributed by atoms with Gasteiger partial charge in [0, 0.05) is 22.9 Å². The highest BCUT2D eigenvalue weighted by atomic mass is 32.2. The van der Waals surface area contributed by atoms with Crippen LogP contribution in [0.15, 0.2) is 44.9 Å². The fraction of sp³-hybridized carbons (Fsp3) is 0.267. The maximum absolute atomic E-state index is 13.4. The highest BCUT2D eigenvalue weighted by Crippen LogP contribution is 2.36. The minimum atomic E-state index is -0.640. The van der Waals surface area contributed by atoms with E-state index in [1.165, 1.54) is 24.4 Å². The van der Waals surface area contributed by atoms with Gasteiger partial charge in [-0.2, -0.15) is 0 Å². The largest absolute Gasteiger partial charge is 0.348 e. The Morgan fingerprint density at radius 2 is 2.22 bits per heavy atom. The molecule has 0 saturated carbocycles. The molecule has 2 N–H and O–H groups in total. The molecule has 1 aliphatic rings. The highest BCUT2D eigenvalue weighted by Gasteiger charge is 2.23. The van der Waals surface area contributed by atoms with Gasteiger partial charge in [0.2, 0.25) is 5.91 Å². The summed E-state index contributed by atoms with van der Waals surface area (Å²) in [6, 6.07) is 5.43. The van der Waals surface area contributed by atoms with Gasteiger partial charge in [-0.3, -0.25) is 19.1 Å². The normalized spacial score (nSPS) is 16.7. The SMILES string of the molecule is O=C(Cn1ccc(=O)[nH]c1=O)N[C@@H]1CCSc2ccc(F)cc21. The number of fused-ring (bicyclic) bond motifs is 1.